The molecule has 5 nitrogen and oxygen atoms in total. The fourth-order valence-electron chi connectivity index (χ4n) is 2.64. The number of anilines is 1. The van der Waals surface area contributed by atoms with E-state index in [4.69, 9.17) is 9.47 Å². The Morgan fingerprint density at radius 1 is 1.08 bits per heavy atom. The van der Waals surface area contributed by atoms with Crippen LogP contribution < -0.4 is 14.8 Å². The molecule has 0 saturated carbocycles. The minimum absolute atomic E-state index is 0.0529. The lowest BCUT2D eigenvalue weighted by Crippen LogP contribution is -2.29. The second-order valence-electron chi connectivity index (χ2n) is 5.92. The molecule has 0 atom stereocenters. The number of amides is 1. The van der Waals surface area contributed by atoms with Gasteiger partial charge in [-0.2, -0.15) is 0 Å². The Morgan fingerprint density at radius 2 is 1.83 bits per heavy atom. The van der Waals surface area contributed by atoms with Gasteiger partial charge < -0.3 is 14.8 Å². The minimum Gasteiger partial charge on any atom is -0.490 e. The topological polar surface area (TPSA) is 50.8 Å². The van der Waals surface area contributed by atoms with Crippen LogP contribution in [0.4, 0.5) is 5.69 Å². The van der Waals surface area contributed by atoms with E-state index in [0.29, 0.717) is 25.5 Å². The predicted octanol–water partition coefficient (Wildman–Crippen LogP) is 2.92. The summed E-state index contributed by atoms with van der Waals surface area (Å²) < 4.78 is 11.2. The molecule has 1 aliphatic rings. The summed E-state index contributed by atoms with van der Waals surface area (Å²) in [7, 11) is 1.93. The number of carbonyl (C=O) groups excluding carboxylic acids is 1. The van der Waals surface area contributed by atoms with Gasteiger partial charge in [-0.05, 0) is 24.7 Å². The second kappa shape index (κ2) is 7.84. The van der Waals surface area contributed by atoms with Crippen molar-refractivity contribution in [1.29, 1.82) is 0 Å². The Morgan fingerprint density at radius 3 is 2.62 bits per heavy atom. The average Bonchev–Trinajstić information content (AvgIpc) is 2.80. The van der Waals surface area contributed by atoms with Crippen molar-refractivity contribution >= 4 is 11.6 Å². The standard InChI is InChI=1S/C19H22N2O3/c1-21(13-15-6-3-2-4-7-15)14-19(22)20-16-8-9-17-18(12-16)24-11-5-10-23-17/h2-4,6-9,12H,5,10-11,13-14H2,1H3,(H,20,22). The summed E-state index contributed by atoms with van der Waals surface area (Å²) in [5.74, 6) is 1.36. The Balaban J connectivity index is 1.55. The van der Waals surface area contributed by atoms with Crippen molar-refractivity contribution in [1.82, 2.24) is 4.90 Å². The van der Waals surface area contributed by atoms with E-state index in [1.165, 1.54) is 5.56 Å². The lowest BCUT2D eigenvalue weighted by atomic mass is 10.2. The van der Waals surface area contributed by atoms with Gasteiger partial charge in [0.2, 0.25) is 5.91 Å². The Kier molecular flexibility index (Phi) is 5.33. The van der Waals surface area contributed by atoms with E-state index in [9.17, 15) is 4.79 Å². The van der Waals surface area contributed by atoms with Crippen molar-refractivity contribution < 1.29 is 14.3 Å². The first kappa shape index (κ1) is 16.3. The molecule has 0 saturated heterocycles. The Bertz CT molecular complexity index is 688. The van der Waals surface area contributed by atoms with Gasteiger partial charge in [0.25, 0.3) is 0 Å². The fourth-order valence-corrected chi connectivity index (χ4v) is 2.64. The molecule has 2 aromatic rings. The maximum Gasteiger partial charge on any atom is 0.238 e. The summed E-state index contributed by atoms with van der Waals surface area (Å²) in [6.07, 6.45) is 0.862. The average molecular weight is 326 g/mol. The molecule has 3 rings (SSSR count). The van der Waals surface area contributed by atoms with Crippen LogP contribution in [0.2, 0.25) is 0 Å². The second-order valence-corrected chi connectivity index (χ2v) is 5.92. The smallest absolute Gasteiger partial charge is 0.238 e. The highest BCUT2D eigenvalue weighted by molar-refractivity contribution is 5.92. The van der Waals surface area contributed by atoms with Crippen molar-refractivity contribution in [3.63, 3.8) is 0 Å². The lowest BCUT2D eigenvalue weighted by Gasteiger charge is -2.17. The molecule has 0 aromatic heterocycles. The van der Waals surface area contributed by atoms with Crippen LogP contribution in [0, 0.1) is 0 Å². The van der Waals surface area contributed by atoms with Gasteiger partial charge in [-0.15, -0.1) is 0 Å². The monoisotopic (exact) mass is 326 g/mol. The largest absolute Gasteiger partial charge is 0.490 e. The fraction of sp³-hybridized carbons (Fsp3) is 0.316. The Labute approximate surface area is 142 Å². The third-order valence-corrected chi connectivity index (χ3v) is 3.74. The van der Waals surface area contributed by atoms with E-state index in [2.05, 4.69) is 17.4 Å². The molecule has 0 unspecified atom stereocenters. The summed E-state index contributed by atoms with van der Waals surface area (Å²) in [4.78, 5) is 14.2. The van der Waals surface area contributed by atoms with Gasteiger partial charge in [-0.1, -0.05) is 30.3 Å². The highest BCUT2D eigenvalue weighted by Gasteiger charge is 2.12. The normalized spacial score (nSPS) is 13.4. The summed E-state index contributed by atoms with van der Waals surface area (Å²) in [5.41, 5.74) is 1.90. The van der Waals surface area contributed by atoms with Gasteiger partial charge in [0.1, 0.15) is 0 Å². The van der Waals surface area contributed by atoms with Crippen molar-refractivity contribution in [2.45, 2.75) is 13.0 Å². The number of ether oxygens (including phenoxy) is 2. The zero-order valence-electron chi connectivity index (χ0n) is 13.8. The predicted molar refractivity (Wildman–Crippen MR) is 93.5 cm³/mol. The third-order valence-electron chi connectivity index (χ3n) is 3.74. The molecule has 0 bridgehead atoms. The molecule has 1 aliphatic heterocycles. The van der Waals surface area contributed by atoms with Crippen LogP contribution in [-0.4, -0.2) is 37.6 Å². The highest BCUT2D eigenvalue weighted by Crippen LogP contribution is 2.32. The molecule has 0 radical (unpaired) electrons. The van der Waals surface area contributed by atoms with E-state index >= 15 is 0 Å². The van der Waals surface area contributed by atoms with Gasteiger partial charge in [-0.25, -0.2) is 0 Å². The molecule has 5 heteroatoms. The van der Waals surface area contributed by atoms with E-state index in [1.54, 1.807) is 0 Å². The summed E-state index contributed by atoms with van der Waals surface area (Å²) in [5, 5.41) is 2.91. The number of benzene rings is 2. The van der Waals surface area contributed by atoms with Gasteiger partial charge >= 0.3 is 0 Å². The number of likely N-dealkylation sites (N-methyl/N-ethyl adjacent to an activating group) is 1. The van der Waals surface area contributed by atoms with Crippen LogP contribution in [0.3, 0.4) is 0 Å². The van der Waals surface area contributed by atoms with Gasteiger partial charge in [0.15, 0.2) is 11.5 Å². The highest BCUT2D eigenvalue weighted by atomic mass is 16.5. The third kappa shape index (κ3) is 4.49. The van der Waals surface area contributed by atoms with Crippen LogP contribution in [-0.2, 0) is 11.3 Å². The molecule has 1 heterocycles. The van der Waals surface area contributed by atoms with Crippen LogP contribution in [0.5, 0.6) is 11.5 Å². The van der Waals surface area contributed by atoms with E-state index in [1.807, 2.05) is 48.3 Å². The molecular formula is C19H22N2O3. The van der Waals surface area contributed by atoms with Gasteiger partial charge in [-0.3, -0.25) is 9.69 Å². The van der Waals surface area contributed by atoms with Crippen molar-refractivity contribution in [2.24, 2.45) is 0 Å². The molecule has 24 heavy (non-hydrogen) atoms. The number of nitrogens with one attached hydrogen (secondary N) is 1. The van der Waals surface area contributed by atoms with Gasteiger partial charge in [0, 0.05) is 24.7 Å². The van der Waals surface area contributed by atoms with Crippen LogP contribution in [0.1, 0.15) is 12.0 Å². The first-order valence-electron chi connectivity index (χ1n) is 8.13. The number of nitrogens with zero attached hydrogens (tertiary/aromatic N) is 1. The Hall–Kier alpha value is -2.53. The summed E-state index contributed by atoms with van der Waals surface area (Å²) >= 11 is 0. The quantitative estimate of drug-likeness (QED) is 0.918. The van der Waals surface area contributed by atoms with Crippen LogP contribution in [0.15, 0.2) is 48.5 Å². The minimum atomic E-state index is -0.0529. The van der Waals surface area contributed by atoms with Crippen LogP contribution >= 0.6 is 0 Å². The number of hydrogen-bond acceptors (Lipinski definition) is 4. The molecule has 126 valence electrons. The van der Waals surface area contributed by atoms with E-state index in [0.717, 1.165) is 24.4 Å². The number of hydrogen-bond donors (Lipinski definition) is 1. The zero-order valence-corrected chi connectivity index (χ0v) is 13.8. The molecule has 2 aromatic carbocycles. The number of rotatable bonds is 5. The molecule has 1 amide bonds. The SMILES string of the molecule is CN(CC(=O)Nc1ccc2c(c1)OCCCO2)Cc1ccccc1. The van der Waals surface area contributed by atoms with Crippen molar-refractivity contribution in [3.05, 3.63) is 54.1 Å². The summed E-state index contributed by atoms with van der Waals surface area (Å²) in [6, 6.07) is 15.6. The number of carbonyl (C=O) groups is 1. The zero-order chi connectivity index (χ0) is 16.8. The maximum atomic E-state index is 12.2. The first-order chi connectivity index (χ1) is 11.7. The molecule has 0 fully saturated rings. The molecule has 0 aliphatic carbocycles. The van der Waals surface area contributed by atoms with Crippen LogP contribution in [0.25, 0.3) is 0 Å². The van der Waals surface area contributed by atoms with Gasteiger partial charge in [0.05, 0.1) is 19.8 Å². The maximum absolute atomic E-state index is 12.2. The molecule has 1 N–H and O–H groups in total. The lowest BCUT2D eigenvalue weighted by molar-refractivity contribution is -0.117. The first-order valence-corrected chi connectivity index (χ1v) is 8.13. The molecule has 0 spiro atoms. The summed E-state index contributed by atoms with van der Waals surface area (Å²) in [6.45, 7) is 2.34. The van der Waals surface area contributed by atoms with Crippen molar-refractivity contribution in [2.75, 3.05) is 32.1 Å². The molecular weight excluding hydrogens is 304 g/mol. The van der Waals surface area contributed by atoms with Crippen molar-refractivity contribution in [3.8, 4) is 11.5 Å². The van der Waals surface area contributed by atoms with E-state index < -0.39 is 0 Å². The van der Waals surface area contributed by atoms with E-state index in [-0.39, 0.29) is 5.91 Å². The number of fused-ring (bicyclic) bond motifs is 1.